The van der Waals surface area contributed by atoms with Gasteiger partial charge in [0.1, 0.15) is 6.04 Å². The Labute approximate surface area is 118 Å². The van der Waals surface area contributed by atoms with Crippen molar-refractivity contribution in [2.45, 2.75) is 32.4 Å². The first-order valence-electron chi connectivity index (χ1n) is 6.84. The highest BCUT2D eigenvalue weighted by Crippen LogP contribution is 2.15. The fraction of sp³-hybridized carbons (Fsp3) is 0.692. The number of aryl methyl sites for hydroxylation is 1. The number of amides is 1. The lowest BCUT2D eigenvalue weighted by Gasteiger charge is -2.34. The van der Waals surface area contributed by atoms with E-state index >= 15 is 0 Å². The molecule has 0 radical (unpaired) electrons. The zero-order chi connectivity index (χ0) is 13.7. The molecule has 0 aromatic carbocycles. The largest absolute Gasteiger partial charge is 0.358 e. The third-order valence-electron chi connectivity index (χ3n) is 3.33. The number of nitrogens with one attached hydrogen (secondary N) is 2. The van der Waals surface area contributed by atoms with Crippen molar-refractivity contribution in [1.82, 2.24) is 20.5 Å². The fourth-order valence-electron chi connectivity index (χ4n) is 2.32. The Morgan fingerprint density at radius 2 is 2.53 bits per heavy atom. The van der Waals surface area contributed by atoms with Crippen molar-refractivity contribution in [2.24, 2.45) is 0 Å². The second-order valence-corrected chi connectivity index (χ2v) is 5.73. The molecular formula is C13H22N4OS. The van der Waals surface area contributed by atoms with E-state index in [1.165, 1.54) is 5.01 Å². The molecule has 2 N–H and O–H groups in total. The minimum absolute atomic E-state index is 0.0798. The van der Waals surface area contributed by atoms with Gasteiger partial charge < -0.3 is 10.6 Å². The maximum Gasteiger partial charge on any atom is 0.238 e. The number of carbonyl (C=O) groups is 1. The molecule has 1 fully saturated rings. The number of piperazine rings is 1. The highest BCUT2D eigenvalue weighted by atomic mass is 32.1. The first-order chi connectivity index (χ1) is 9.24. The molecule has 1 aliphatic rings. The maximum atomic E-state index is 11.9. The van der Waals surface area contributed by atoms with Gasteiger partial charge in [-0.05, 0) is 12.8 Å². The zero-order valence-corrected chi connectivity index (χ0v) is 12.4. The Kier molecular flexibility index (Phi) is 5.30. The summed E-state index contributed by atoms with van der Waals surface area (Å²) in [7, 11) is 1.69. The SMILES string of the molecule is CCCc1nc(CN2CCNCC2C(=O)NC)cs1. The third kappa shape index (κ3) is 3.75. The molecule has 1 aromatic heterocycles. The van der Waals surface area contributed by atoms with Crippen LogP contribution in [0, 0.1) is 0 Å². The van der Waals surface area contributed by atoms with Crippen LogP contribution in [0.15, 0.2) is 5.38 Å². The van der Waals surface area contributed by atoms with E-state index in [1.807, 2.05) is 0 Å². The molecule has 1 saturated heterocycles. The molecule has 1 unspecified atom stereocenters. The summed E-state index contributed by atoms with van der Waals surface area (Å²) in [5.41, 5.74) is 1.09. The standard InChI is InChI=1S/C13H22N4OS/c1-3-4-12-16-10(9-19-12)8-17-6-5-15-7-11(17)13(18)14-2/h9,11,15H,3-8H2,1-2H3,(H,14,18). The van der Waals surface area contributed by atoms with Crippen LogP contribution in [0.3, 0.4) is 0 Å². The molecule has 1 amide bonds. The Bertz CT molecular complexity index is 421. The lowest BCUT2D eigenvalue weighted by atomic mass is 10.1. The minimum atomic E-state index is -0.0879. The highest BCUT2D eigenvalue weighted by Gasteiger charge is 2.28. The molecule has 6 heteroatoms. The van der Waals surface area contributed by atoms with Gasteiger partial charge in [-0.2, -0.15) is 0 Å². The van der Waals surface area contributed by atoms with Gasteiger partial charge in [-0.3, -0.25) is 9.69 Å². The van der Waals surface area contributed by atoms with Gasteiger partial charge in [-0.25, -0.2) is 4.98 Å². The fourth-order valence-corrected chi connectivity index (χ4v) is 3.21. The van der Waals surface area contributed by atoms with Crippen LogP contribution in [0.25, 0.3) is 0 Å². The van der Waals surface area contributed by atoms with Gasteiger partial charge in [0.2, 0.25) is 5.91 Å². The molecule has 0 saturated carbocycles. The predicted octanol–water partition coefficient (Wildman–Crippen LogP) is 0.615. The van der Waals surface area contributed by atoms with Gasteiger partial charge in [0, 0.05) is 38.6 Å². The lowest BCUT2D eigenvalue weighted by Crippen LogP contribution is -2.56. The number of likely N-dealkylation sites (N-methyl/N-ethyl adjacent to an activating group) is 1. The predicted molar refractivity (Wildman–Crippen MR) is 77.2 cm³/mol. The number of rotatable bonds is 5. The molecule has 0 bridgehead atoms. The number of nitrogens with zero attached hydrogens (tertiary/aromatic N) is 2. The van der Waals surface area contributed by atoms with Crippen LogP contribution in [-0.2, 0) is 17.8 Å². The molecule has 0 spiro atoms. The Hall–Kier alpha value is -0.980. The van der Waals surface area contributed by atoms with Crippen LogP contribution in [0.2, 0.25) is 0 Å². The summed E-state index contributed by atoms with van der Waals surface area (Å²) in [6.45, 7) is 5.46. The van der Waals surface area contributed by atoms with Crippen LogP contribution < -0.4 is 10.6 Å². The Morgan fingerprint density at radius 1 is 1.68 bits per heavy atom. The molecule has 5 nitrogen and oxygen atoms in total. The van der Waals surface area contributed by atoms with Gasteiger partial charge >= 0.3 is 0 Å². The average molecular weight is 282 g/mol. The normalized spacial score (nSPS) is 20.4. The quantitative estimate of drug-likeness (QED) is 0.831. The lowest BCUT2D eigenvalue weighted by molar-refractivity contribution is -0.126. The maximum absolute atomic E-state index is 11.9. The highest BCUT2D eigenvalue weighted by molar-refractivity contribution is 7.09. The summed E-state index contributed by atoms with van der Waals surface area (Å²) in [6.07, 6.45) is 2.17. The molecule has 1 atom stereocenters. The van der Waals surface area contributed by atoms with E-state index in [4.69, 9.17) is 0 Å². The minimum Gasteiger partial charge on any atom is -0.358 e. The number of carbonyl (C=O) groups excluding carboxylic acids is 1. The summed E-state index contributed by atoms with van der Waals surface area (Å²) >= 11 is 1.72. The summed E-state index contributed by atoms with van der Waals surface area (Å²) in [5.74, 6) is 0.0798. The molecule has 0 aliphatic carbocycles. The van der Waals surface area contributed by atoms with E-state index < -0.39 is 0 Å². The first-order valence-corrected chi connectivity index (χ1v) is 7.72. The Morgan fingerprint density at radius 3 is 3.26 bits per heavy atom. The molecule has 1 aliphatic heterocycles. The molecule has 106 valence electrons. The van der Waals surface area contributed by atoms with Gasteiger partial charge in [-0.1, -0.05) is 6.92 Å². The van der Waals surface area contributed by atoms with Crippen LogP contribution in [-0.4, -0.2) is 48.5 Å². The first kappa shape index (κ1) is 14.4. The topological polar surface area (TPSA) is 57.3 Å². The van der Waals surface area contributed by atoms with Crippen LogP contribution in [0.4, 0.5) is 0 Å². The second-order valence-electron chi connectivity index (χ2n) is 4.79. The van der Waals surface area contributed by atoms with Crippen molar-refractivity contribution in [2.75, 3.05) is 26.7 Å². The number of hydrogen-bond donors (Lipinski definition) is 2. The summed E-state index contributed by atoms with van der Waals surface area (Å²) in [4.78, 5) is 18.7. The number of hydrogen-bond acceptors (Lipinski definition) is 5. The summed E-state index contributed by atoms with van der Waals surface area (Å²) in [6, 6.07) is -0.0879. The average Bonchev–Trinajstić information content (AvgIpc) is 2.86. The zero-order valence-electron chi connectivity index (χ0n) is 11.6. The van der Waals surface area contributed by atoms with Gasteiger partial charge in [0.25, 0.3) is 0 Å². The molecule has 2 heterocycles. The van der Waals surface area contributed by atoms with Crippen LogP contribution in [0.1, 0.15) is 24.0 Å². The number of aromatic nitrogens is 1. The van der Waals surface area contributed by atoms with E-state index in [-0.39, 0.29) is 11.9 Å². The van der Waals surface area contributed by atoms with Gasteiger partial charge in [0.15, 0.2) is 0 Å². The second kappa shape index (κ2) is 6.98. The van der Waals surface area contributed by atoms with Crippen molar-refractivity contribution in [3.05, 3.63) is 16.1 Å². The van der Waals surface area contributed by atoms with E-state index in [9.17, 15) is 4.79 Å². The molecular weight excluding hydrogens is 260 g/mol. The number of thiazole rings is 1. The van der Waals surface area contributed by atoms with Crippen molar-refractivity contribution < 1.29 is 4.79 Å². The third-order valence-corrected chi connectivity index (χ3v) is 4.29. The van der Waals surface area contributed by atoms with Crippen LogP contribution >= 0.6 is 11.3 Å². The van der Waals surface area contributed by atoms with Gasteiger partial charge in [0.05, 0.1) is 10.7 Å². The van der Waals surface area contributed by atoms with E-state index in [0.717, 1.165) is 38.2 Å². The van der Waals surface area contributed by atoms with E-state index in [0.29, 0.717) is 6.54 Å². The monoisotopic (exact) mass is 282 g/mol. The summed E-state index contributed by atoms with van der Waals surface area (Å²) < 4.78 is 0. The Balaban J connectivity index is 2.00. The van der Waals surface area contributed by atoms with E-state index in [2.05, 4.69) is 32.8 Å². The molecule has 1 aromatic rings. The van der Waals surface area contributed by atoms with Gasteiger partial charge in [-0.15, -0.1) is 11.3 Å². The van der Waals surface area contributed by atoms with Crippen molar-refractivity contribution >= 4 is 17.2 Å². The van der Waals surface area contributed by atoms with Crippen molar-refractivity contribution in [1.29, 1.82) is 0 Å². The molecule has 2 rings (SSSR count). The van der Waals surface area contributed by atoms with Crippen molar-refractivity contribution in [3.8, 4) is 0 Å². The molecule has 19 heavy (non-hydrogen) atoms. The van der Waals surface area contributed by atoms with Crippen molar-refractivity contribution in [3.63, 3.8) is 0 Å². The summed E-state index contributed by atoms with van der Waals surface area (Å²) in [5, 5.41) is 9.33. The van der Waals surface area contributed by atoms with E-state index in [1.54, 1.807) is 18.4 Å². The van der Waals surface area contributed by atoms with Crippen LogP contribution in [0.5, 0.6) is 0 Å². The smallest absolute Gasteiger partial charge is 0.238 e.